The van der Waals surface area contributed by atoms with Gasteiger partial charge in [0.05, 0.1) is 10.9 Å². The molecule has 1 aromatic heterocycles. The van der Waals surface area contributed by atoms with Crippen molar-refractivity contribution < 1.29 is 12.8 Å². The van der Waals surface area contributed by atoms with Gasteiger partial charge in [-0.15, -0.1) is 12.4 Å². The van der Waals surface area contributed by atoms with Gasteiger partial charge in [0.25, 0.3) is 0 Å². The number of aryl methyl sites for hydroxylation is 2. The van der Waals surface area contributed by atoms with Gasteiger partial charge >= 0.3 is 0 Å². The molecule has 1 atom stereocenters. The van der Waals surface area contributed by atoms with E-state index in [-0.39, 0.29) is 17.3 Å². The van der Waals surface area contributed by atoms with E-state index in [0.717, 1.165) is 6.07 Å². The van der Waals surface area contributed by atoms with E-state index in [4.69, 9.17) is 0 Å². The van der Waals surface area contributed by atoms with Crippen LogP contribution in [-0.2, 0) is 17.1 Å². The first-order valence-corrected chi connectivity index (χ1v) is 8.81. The first-order valence-electron chi connectivity index (χ1n) is 7.37. The number of imidazole rings is 1. The molecule has 0 saturated carbocycles. The largest absolute Gasteiger partial charge is 0.337 e. The Balaban J connectivity index is 0.00000208. The van der Waals surface area contributed by atoms with Gasteiger partial charge in [-0.05, 0) is 24.6 Å². The average Bonchev–Trinajstić information content (AvgIpc) is 2.95. The lowest BCUT2D eigenvalue weighted by Gasteiger charge is -2.35. The molecule has 24 heavy (non-hydrogen) atoms. The number of benzene rings is 1. The lowest BCUT2D eigenvalue weighted by Crippen LogP contribution is -2.49. The fourth-order valence-corrected chi connectivity index (χ4v) is 4.69. The summed E-state index contributed by atoms with van der Waals surface area (Å²) in [6, 6.07) is 3.42. The number of hydrogen-bond donors (Lipinski definition) is 1. The summed E-state index contributed by atoms with van der Waals surface area (Å²) < 4.78 is 42.9. The van der Waals surface area contributed by atoms with Crippen LogP contribution in [0.25, 0.3) is 0 Å². The SMILES string of the molecule is Cc1ccc(F)cc1S(=O)(=O)N1CCNCC1c1nccn1C.Cl. The molecule has 3 rings (SSSR count). The van der Waals surface area contributed by atoms with Crippen LogP contribution in [0, 0.1) is 12.7 Å². The van der Waals surface area contributed by atoms with Crippen molar-refractivity contribution in [2.24, 2.45) is 7.05 Å². The molecular weight excluding hydrogens is 355 g/mol. The minimum absolute atomic E-state index is 0. The smallest absolute Gasteiger partial charge is 0.244 e. The molecule has 6 nitrogen and oxygen atoms in total. The maximum absolute atomic E-state index is 13.6. The van der Waals surface area contributed by atoms with Crippen LogP contribution in [0.2, 0.25) is 0 Å². The van der Waals surface area contributed by atoms with Crippen LogP contribution in [-0.4, -0.2) is 41.9 Å². The number of nitrogens with zero attached hydrogens (tertiary/aromatic N) is 3. The van der Waals surface area contributed by atoms with Crippen molar-refractivity contribution in [2.45, 2.75) is 17.9 Å². The Hall–Kier alpha value is -1.48. The number of nitrogens with one attached hydrogen (secondary N) is 1. The Labute approximate surface area is 147 Å². The Bertz CT molecular complexity index is 825. The second kappa shape index (κ2) is 7.18. The average molecular weight is 375 g/mol. The van der Waals surface area contributed by atoms with Crippen molar-refractivity contribution in [2.75, 3.05) is 19.6 Å². The first kappa shape index (κ1) is 18.9. The van der Waals surface area contributed by atoms with Gasteiger partial charge in [0.15, 0.2) is 0 Å². The maximum Gasteiger partial charge on any atom is 0.244 e. The molecule has 1 saturated heterocycles. The van der Waals surface area contributed by atoms with Gasteiger partial charge in [-0.1, -0.05) is 6.07 Å². The molecule has 1 fully saturated rings. The summed E-state index contributed by atoms with van der Waals surface area (Å²) in [5.74, 6) is 0.104. The zero-order chi connectivity index (χ0) is 16.6. The molecule has 0 amide bonds. The molecule has 132 valence electrons. The molecule has 0 aliphatic carbocycles. The van der Waals surface area contributed by atoms with E-state index in [1.165, 1.54) is 16.4 Å². The number of sulfonamides is 1. The van der Waals surface area contributed by atoms with E-state index in [2.05, 4.69) is 10.3 Å². The molecule has 2 heterocycles. The highest BCUT2D eigenvalue weighted by Gasteiger charge is 2.37. The van der Waals surface area contributed by atoms with Crippen LogP contribution in [0.1, 0.15) is 17.4 Å². The van der Waals surface area contributed by atoms with Gasteiger partial charge in [-0.25, -0.2) is 17.8 Å². The normalized spacial score (nSPS) is 19.0. The molecule has 0 spiro atoms. The third-order valence-electron chi connectivity index (χ3n) is 4.09. The van der Waals surface area contributed by atoms with Gasteiger partial charge in [0.1, 0.15) is 11.6 Å². The highest BCUT2D eigenvalue weighted by Crippen LogP contribution is 2.29. The van der Waals surface area contributed by atoms with Crippen LogP contribution >= 0.6 is 12.4 Å². The predicted molar refractivity (Wildman–Crippen MR) is 91.1 cm³/mol. The fourth-order valence-electron chi connectivity index (χ4n) is 2.87. The van der Waals surface area contributed by atoms with E-state index in [9.17, 15) is 12.8 Å². The van der Waals surface area contributed by atoms with Crippen LogP contribution < -0.4 is 5.32 Å². The minimum atomic E-state index is -3.81. The summed E-state index contributed by atoms with van der Waals surface area (Å²) in [4.78, 5) is 4.29. The highest BCUT2D eigenvalue weighted by molar-refractivity contribution is 7.89. The summed E-state index contributed by atoms with van der Waals surface area (Å²) in [6.07, 6.45) is 3.42. The third kappa shape index (κ3) is 3.32. The molecule has 9 heteroatoms. The lowest BCUT2D eigenvalue weighted by molar-refractivity contribution is 0.258. The summed E-state index contributed by atoms with van der Waals surface area (Å²) >= 11 is 0. The zero-order valence-electron chi connectivity index (χ0n) is 13.4. The van der Waals surface area contributed by atoms with Gasteiger partial charge < -0.3 is 9.88 Å². The van der Waals surface area contributed by atoms with Crippen LogP contribution in [0.3, 0.4) is 0 Å². The maximum atomic E-state index is 13.6. The van der Waals surface area contributed by atoms with Gasteiger partial charge in [-0.2, -0.15) is 4.31 Å². The standard InChI is InChI=1S/C15H19FN4O2S.ClH/c1-11-3-4-12(16)9-14(11)23(21,22)20-8-5-17-10-13(20)15-18-6-7-19(15)2;/h3-4,6-7,9,13,17H,5,8,10H2,1-2H3;1H. The second-order valence-electron chi connectivity index (χ2n) is 5.64. The van der Waals surface area contributed by atoms with Crippen molar-refractivity contribution in [3.05, 3.63) is 47.8 Å². The minimum Gasteiger partial charge on any atom is -0.337 e. The number of piperazine rings is 1. The molecule has 2 aromatic rings. The van der Waals surface area contributed by atoms with E-state index in [0.29, 0.717) is 31.0 Å². The van der Waals surface area contributed by atoms with Gasteiger partial charge in [-0.3, -0.25) is 0 Å². The Morgan fingerprint density at radius 2 is 2.12 bits per heavy atom. The quantitative estimate of drug-likeness (QED) is 0.886. The van der Waals surface area contributed by atoms with E-state index < -0.39 is 21.9 Å². The molecular formula is C15H20ClFN4O2S. The number of hydrogen-bond acceptors (Lipinski definition) is 4. The molecule has 1 aliphatic rings. The Kier molecular flexibility index (Phi) is 5.64. The van der Waals surface area contributed by atoms with E-state index in [1.54, 1.807) is 23.9 Å². The zero-order valence-corrected chi connectivity index (χ0v) is 15.1. The third-order valence-corrected chi connectivity index (χ3v) is 6.14. The molecule has 1 N–H and O–H groups in total. The Morgan fingerprint density at radius 1 is 1.38 bits per heavy atom. The van der Waals surface area contributed by atoms with Crippen LogP contribution in [0.15, 0.2) is 35.5 Å². The van der Waals surface area contributed by atoms with Crippen molar-refractivity contribution in [3.63, 3.8) is 0 Å². The van der Waals surface area contributed by atoms with Crippen LogP contribution in [0.4, 0.5) is 4.39 Å². The lowest BCUT2D eigenvalue weighted by atomic mass is 10.2. The first-order chi connectivity index (χ1) is 10.9. The molecule has 0 radical (unpaired) electrons. The van der Waals surface area contributed by atoms with Gasteiger partial charge in [0.2, 0.25) is 10.0 Å². The van der Waals surface area contributed by atoms with Crippen molar-refractivity contribution >= 4 is 22.4 Å². The van der Waals surface area contributed by atoms with Crippen LogP contribution in [0.5, 0.6) is 0 Å². The topological polar surface area (TPSA) is 67.2 Å². The summed E-state index contributed by atoms with van der Waals surface area (Å²) in [5, 5.41) is 3.20. The monoisotopic (exact) mass is 374 g/mol. The van der Waals surface area contributed by atoms with E-state index in [1.807, 2.05) is 7.05 Å². The summed E-state index contributed by atoms with van der Waals surface area (Å²) in [6.45, 7) is 3.01. The highest BCUT2D eigenvalue weighted by atomic mass is 35.5. The molecule has 0 bridgehead atoms. The number of rotatable bonds is 3. The van der Waals surface area contributed by atoms with E-state index >= 15 is 0 Å². The molecule has 1 aromatic carbocycles. The summed E-state index contributed by atoms with van der Waals surface area (Å²) in [7, 11) is -1.98. The fraction of sp³-hybridized carbons (Fsp3) is 0.400. The van der Waals surface area contributed by atoms with Gasteiger partial charge in [0, 0.05) is 39.1 Å². The molecule has 1 unspecified atom stereocenters. The summed E-state index contributed by atoms with van der Waals surface area (Å²) in [5.41, 5.74) is 0.531. The van der Waals surface area contributed by atoms with Crippen molar-refractivity contribution in [1.82, 2.24) is 19.2 Å². The van der Waals surface area contributed by atoms with Crippen molar-refractivity contribution in [1.29, 1.82) is 0 Å². The van der Waals surface area contributed by atoms with Crippen molar-refractivity contribution in [3.8, 4) is 0 Å². The molecule has 1 aliphatic heterocycles. The number of aromatic nitrogens is 2. The second-order valence-corrected chi connectivity index (χ2v) is 7.50. The number of halogens is 2. The predicted octanol–water partition coefficient (Wildman–Crippen LogP) is 1.62. The Morgan fingerprint density at radius 3 is 2.79 bits per heavy atom.